The summed E-state index contributed by atoms with van der Waals surface area (Å²) in [5.41, 5.74) is 6.44. The highest BCUT2D eigenvalue weighted by Gasteiger charge is 2.33. The Balaban J connectivity index is 2.39. The standard InChI is InChI=1S/C12H18N4O2/c1-8-3-4-14-12(11(8)16(17)18)15-7-10(6-13)5-9(15)2/h3-4,9-10H,5-7,13H2,1-2H3. The number of rotatable bonds is 3. The number of hydrogen-bond donors (Lipinski definition) is 1. The Hall–Kier alpha value is -1.69. The number of aromatic nitrogens is 1. The molecule has 1 fully saturated rings. The zero-order valence-electron chi connectivity index (χ0n) is 10.7. The molecular formula is C12H18N4O2. The molecule has 2 atom stereocenters. The van der Waals surface area contributed by atoms with E-state index >= 15 is 0 Å². The van der Waals surface area contributed by atoms with Crippen molar-refractivity contribution in [3.8, 4) is 0 Å². The van der Waals surface area contributed by atoms with E-state index in [1.807, 2.05) is 4.90 Å². The van der Waals surface area contributed by atoms with Gasteiger partial charge in [-0.1, -0.05) is 0 Å². The SMILES string of the molecule is Cc1ccnc(N2CC(CN)CC2C)c1[N+](=O)[O-]. The maximum atomic E-state index is 11.2. The van der Waals surface area contributed by atoms with Crippen LogP contribution in [-0.2, 0) is 0 Å². The summed E-state index contributed by atoms with van der Waals surface area (Å²) in [6.07, 6.45) is 2.59. The highest BCUT2D eigenvalue weighted by molar-refractivity contribution is 5.62. The van der Waals surface area contributed by atoms with Gasteiger partial charge in [-0.2, -0.15) is 0 Å². The third-order valence-electron chi connectivity index (χ3n) is 3.56. The van der Waals surface area contributed by atoms with Crippen LogP contribution in [0.5, 0.6) is 0 Å². The Labute approximate surface area is 106 Å². The topological polar surface area (TPSA) is 85.3 Å². The van der Waals surface area contributed by atoms with Gasteiger partial charge in [0.1, 0.15) is 0 Å². The van der Waals surface area contributed by atoms with E-state index in [1.54, 1.807) is 19.2 Å². The van der Waals surface area contributed by atoms with Crippen LogP contribution in [-0.4, -0.2) is 29.0 Å². The number of nitrogens with two attached hydrogens (primary N) is 1. The summed E-state index contributed by atoms with van der Waals surface area (Å²) in [4.78, 5) is 17.0. The first-order valence-electron chi connectivity index (χ1n) is 6.11. The molecule has 0 aliphatic carbocycles. The van der Waals surface area contributed by atoms with Gasteiger partial charge in [-0.05, 0) is 38.8 Å². The average molecular weight is 250 g/mol. The molecule has 0 radical (unpaired) electrons. The fourth-order valence-electron chi connectivity index (χ4n) is 2.58. The lowest BCUT2D eigenvalue weighted by molar-refractivity contribution is -0.384. The minimum Gasteiger partial charge on any atom is -0.348 e. The Morgan fingerprint density at radius 1 is 1.67 bits per heavy atom. The summed E-state index contributed by atoms with van der Waals surface area (Å²) in [7, 11) is 0. The fourth-order valence-corrected chi connectivity index (χ4v) is 2.58. The van der Waals surface area contributed by atoms with Crippen molar-refractivity contribution in [1.82, 2.24) is 4.98 Å². The van der Waals surface area contributed by atoms with Crippen LogP contribution in [0.2, 0.25) is 0 Å². The minimum absolute atomic E-state index is 0.113. The van der Waals surface area contributed by atoms with Crippen LogP contribution < -0.4 is 10.6 Å². The second kappa shape index (κ2) is 4.89. The van der Waals surface area contributed by atoms with Gasteiger partial charge in [0.25, 0.3) is 0 Å². The highest BCUT2D eigenvalue weighted by atomic mass is 16.6. The van der Waals surface area contributed by atoms with Crippen molar-refractivity contribution in [2.75, 3.05) is 18.0 Å². The van der Waals surface area contributed by atoms with Gasteiger partial charge in [0.05, 0.1) is 4.92 Å². The fraction of sp³-hybridized carbons (Fsp3) is 0.583. The monoisotopic (exact) mass is 250 g/mol. The second-order valence-corrected chi connectivity index (χ2v) is 4.90. The lowest BCUT2D eigenvalue weighted by Gasteiger charge is -2.22. The van der Waals surface area contributed by atoms with E-state index in [0.29, 0.717) is 23.8 Å². The Bertz CT molecular complexity index is 463. The molecule has 6 nitrogen and oxygen atoms in total. The molecule has 1 aliphatic heterocycles. The smallest absolute Gasteiger partial charge is 0.314 e. The molecule has 2 N–H and O–H groups in total. The van der Waals surface area contributed by atoms with Gasteiger partial charge in [0.15, 0.2) is 0 Å². The molecule has 0 aromatic carbocycles. The number of pyridine rings is 1. The third-order valence-corrected chi connectivity index (χ3v) is 3.56. The summed E-state index contributed by atoms with van der Waals surface area (Å²) in [5.74, 6) is 0.866. The van der Waals surface area contributed by atoms with E-state index in [1.165, 1.54) is 0 Å². The third kappa shape index (κ3) is 2.15. The quantitative estimate of drug-likeness (QED) is 0.648. The molecule has 18 heavy (non-hydrogen) atoms. The lowest BCUT2D eigenvalue weighted by Crippen LogP contribution is -2.29. The van der Waals surface area contributed by atoms with Crippen molar-refractivity contribution in [2.24, 2.45) is 11.7 Å². The Morgan fingerprint density at radius 2 is 2.39 bits per heavy atom. The van der Waals surface area contributed by atoms with Crippen LogP contribution in [0, 0.1) is 23.0 Å². The average Bonchev–Trinajstić information content (AvgIpc) is 2.69. The molecule has 1 aromatic heterocycles. The number of hydrogen-bond acceptors (Lipinski definition) is 5. The second-order valence-electron chi connectivity index (χ2n) is 4.90. The van der Waals surface area contributed by atoms with Crippen LogP contribution in [0.15, 0.2) is 12.3 Å². The van der Waals surface area contributed by atoms with E-state index in [2.05, 4.69) is 11.9 Å². The van der Waals surface area contributed by atoms with Gasteiger partial charge < -0.3 is 10.6 Å². The highest BCUT2D eigenvalue weighted by Crippen LogP contribution is 2.34. The van der Waals surface area contributed by atoms with Gasteiger partial charge in [-0.3, -0.25) is 10.1 Å². The summed E-state index contributed by atoms with van der Waals surface area (Å²) < 4.78 is 0. The van der Waals surface area contributed by atoms with E-state index < -0.39 is 0 Å². The van der Waals surface area contributed by atoms with E-state index in [9.17, 15) is 10.1 Å². The molecule has 0 spiro atoms. The summed E-state index contributed by atoms with van der Waals surface area (Å²) in [6, 6.07) is 1.91. The van der Waals surface area contributed by atoms with Crippen LogP contribution in [0.1, 0.15) is 18.9 Å². The van der Waals surface area contributed by atoms with Crippen molar-refractivity contribution < 1.29 is 4.92 Å². The zero-order chi connectivity index (χ0) is 13.3. The first-order valence-corrected chi connectivity index (χ1v) is 6.11. The van der Waals surface area contributed by atoms with E-state index in [0.717, 1.165) is 13.0 Å². The van der Waals surface area contributed by atoms with Gasteiger partial charge in [-0.15, -0.1) is 0 Å². The molecule has 0 saturated carbocycles. The number of anilines is 1. The molecule has 1 aromatic rings. The van der Waals surface area contributed by atoms with Gasteiger partial charge in [0, 0.05) is 24.3 Å². The largest absolute Gasteiger partial charge is 0.348 e. The van der Waals surface area contributed by atoms with Gasteiger partial charge in [-0.25, -0.2) is 4.98 Å². The number of aryl methyl sites for hydroxylation is 1. The van der Waals surface area contributed by atoms with Crippen molar-refractivity contribution in [1.29, 1.82) is 0 Å². The summed E-state index contributed by atoms with van der Waals surface area (Å²) in [6.45, 7) is 5.16. The minimum atomic E-state index is -0.347. The van der Waals surface area contributed by atoms with Crippen LogP contribution in [0.4, 0.5) is 11.5 Å². The normalized spacial score (nSPS) is 23.4. The number of nitro groups is 1. The maximum absolute atomic E-state index is 11.2. The predicted molar refractivity (Wildman–Crippen MR) is 69.6 cm³/mol. The first kappa shape index (κ1) is 12.8. The van der Waals surface area contributed by atoms with E-state index in [-0.39, 0.29) is 16.7 Å². The molecule has 2 rings (SSSR count). The zero-order valence-corrected chi connectivity index (χ0v) is 10.7. The van der Waals surface area contributed by atoms with Crippen LogP contribution in [0.3, 0.4) is 0 Å². The molecular weight excluding hydrogens is 232 g/mol. The van der Waals surface area contributed by atoms with Crippen LogP contribution in [0.25, 0.3) is 0 Å². The first-order chi connectivity index (χ1) is 8.54. The van der Waals surface area contributed by atoms with Gasteiger partial charge >= 0.3 is 5.69 Å². The molecule has 2 heterocycles. The summed E-state index contributed by atoms with van der Waals surface area (Å²) in [5, 5.41) is 11.2. The Morgan fingerprint density at radius 3 is 2.94 bits per heavy atom. The number of nitrogens with zero attached hydrogens (tertiary/aromatic N) is 3. The molecule has 2 unspecified atom stereocenters. The predicted octanol–water partition coefficient (Wildman–Crippen LogP) is 1.47. The molecule has 1 aliphatic rings. The molecule has 0 amide bonds. The van der Waals surface area contributed by atoms with Crippen molar-refractivity contribution in [3.63, 3.8) is 0 Å². The van der Waals surface area contributed by atoms with Crippen LogP contribution >= 0.6 is 0 Å². The van der Waals surface area contributed by atoms with Crippen molar-refractivity contribution in [3.05, 3.63) is 27.9 Å². The Kier molecular flexibility index (Phi) is 3.47. The van der Waals surface area contributed by atoms with Crippen molar-refractivity contribution >= 4 is 11.5 Å². The molecule has 98 valence electrons. The molecule has 1 saturated heterocycles. The van der Waals surface area contributed by atoms with E-state index in [4.69, 9.17) is 5.73 Å². The lowest BCUT2D eigenvalue weighted by atomic mass is 10.1. The summed E-state index contributed by atoms with van der Waals surface area (Å²) >= 11 is 0. The molecule has 6 heteroatoms. The molecule has 0 bridgehead atoms. The van der Waals surface area contributed by atoms with Gasteiger partial charge in [0.2, 0.25) is 5.82 Å². The van der Waals surface area contributed by atoms with Crippen molar-refractivity contribution in [2.45, 2.75) is 26.3 Å². The maximum Gasteiger partial charge on any atom is 0.314 e.